The van der Waals surface area contributed by atoms with E-state index in [1.807, 2.05) is 44.2 Å². The van der Waals surface area contributed by atoms with E-state index in [0.717, 1.165) is 18.6 Å². The standard InChI is InChI=1S/C16H26N2O2/c1-4-8-13(2)18-16(19)14(3)17-11-12-20-15-9-6-5-7-10-15/h5-7,9-10,13-14,17H,4,8,11-12H2,1-3H3,(H,18,19). The molecule has 2 N–H and O–H groups in total. The summed E-state index contributed by atoms with van der Waals surface area (Å²) in [6, 6.07) is 9.70. The van der Waals surface area contributed by atoms with Crippen molar-refractivity contribution >= 4 is 5.91 Å². The third-order valence-corrected chi connectivity index (χ3v) is 3.07. The molecule has 0 aliphatic carbocycles. The van der Waals surface area contributed by atoms with Crippen molar-refractivity contribution in [3.8, 4) is 5.75 Å². The van der Waals surface area contributed by atoms with Gasteiger partial charge in [0.2, 0.25) is 5.91 Å². The summed E-state index contributed by atoms with van der Waals surface area (Å²) in [5, 5.41) is 6.16. The topological polar surface area (TPSA) is 50.4 Å². The highest BCUT2D eigenvalue weighted by Crippen LogP contribution is 2.07. The first-order valence-electron chi connectivity index (χ1n) is 7.35. The van der Waals surface area contributed by atoms with Crippen molar-refractivity contribution in [3.05, 3.63) is 30.3 Å². The molecule has 1 aromatic rings. The van der Waals surface area contributed by atoms with Gasteiger partial charge in [-0.3, -0.25) is 4.79 Å². The van der Waals surface area contributed by atoms with E-state index < -0.39 is 0 Å². The molecule has 0 aliphatic heterocycles. The summed E-state index contributed by atoms with van der Waals surface area (Å²) >= 11 is 0. The van der Waals surface area contributed by atoms with Gasteiger partial charge in [-0.2, -0.15) is 0 Å². The number of benzene rings is 1. The minimum Gasteiger partial charge on any atom is -0.492 e. The predicted molar refractivity (Wildman–Crippen MR) is 81.9 cm³/mol. The van der Waals surface area contributed by atoms with Crippen molar-refractivity contribution in [2.75, 3.05) is 13.2 Å². The van der Waals surface area contributed by atoms with Crippen molar-refractivity contribution in [2.45, 2.75) is 45.7 Å². The van der Waals surface area contributed by atoms with Gasteiger partial charge in [0, 0.05) is 12.6 Å². The number of nitrogens with one attached hydrogen (secondary N) is 2. The second kappa shape index (κ2) is 9.37. The maximum Gasteiger partial charge on any atom is 0.237 e. The van der Waals surface area contributed by atoms with Crippen LogP contribution in [0.1, 0.15) is 33.6 Å². The number of rotatable bonds is 9. The summed E-state index contributed by atoms with van der Waals surface area (Å²) in [6.45, 7) is 7.21. The zero-order valence-corrected chi connectivity index (χ0v) is 12.7. The predicted octanol–water partition coefficient (Wildman–Crippen LogP) is 2.35. The quantitative estimate of drug-likeness (QED) is 0.682. The van der Waals surface area contributed by atoms with E-state index in [4.69, 9.17) is 4.74 Å². The van der Waals surface area contributed by atoms with E-state index in [9.17, 15) is 4.79 Å². The van der Waals surface area contributed by atoms with Gasteiger partial charge in [0.05, 0.1) is 6.04 Å². The molecule has 4 heteroatoms. The zero-order valence-electron chi connectivity index (χ0n) is 12.7. The summed E-state index contributed by atoms with van der Waals surface area (Å²) in [6.07, 6.45) is 2.09. The first kappa shape index (κ1) is 16.5. The molecule has 0 aromatic heterocycles. The lowest BCUT2D eigenvalue weighted by atomic mass is 10.2. The van der Waals surface area contributed by atoms with Crippen LogP contribution in [-0.4, -0.2) is 31.1 Å². The van der Waals surface area contributed by atoms with Crippen molar-refractivity contribution in [2.24, 2.45) is 0 Å². The van der Waals surface area contributed by atoms with E-state index in [1.165, 1.54) is 0 Å². The third-order valence-electron chi connectivity index (χ3n) is 3.07. The largest absolute Gasteiger partial charge is 0.492 e. The molecule has 112 valence electrons. The minimum absolute atomic E-state index is 0.0469. The second-order valence-corrected chi connectivity index (χ2v) is 5.04. The molecule has 1 aromatic carbocycles. The van der Waals surface area contributed by atoms with Gasteiger partial charge in [-0.25, -0.2) is 0 Å². The number of hydrogen-bond acceptors (Lipinski definition) is 3. The Bertz CT molecular complexity index is 381. The molecule has 0 spiro atoms. The molecule has 1 rings (SSSR count). The Morgan fingerprint density at radius 2 is 1.95 bits per heavy atom. The molecule has 1 amide bonds. The fourth-order valence-corrected chi connectivity index (χ4v) is 1.93. The molecule has 2 atom stereocenters. The first-order valence-corrected chi connectivity index (χ1v) is 7.35. The Labute approximate surface area is 121 Å². The van der Waals surface area contributed by atoms with Gasteiger partial charge < -0.3 is 15.4 Å². The van der Waals surface area contributed by atoms with E-state index in [-0.39, 0.29) is 18.0 Å². The maximum absolute atomic E-state index is 11.9. The molecule has 4 nitrogen and oxygen atoms in total. The number of amides is 1. The highest BCUT2D eigenvalue weighted by Gasteiger charge is 2.13. The molecular weight excluding hydrogens is 252 g/mol. The lowest BCUT2D eigenvalue weighted by Gasteiger charge is -2.18. The molecule has 0 bridgehead atoms. The van der Waals surface area contributed by atoms with Crippen LogP contribution in [0.4, 0.5) is 0 Å². The fraction of sp³-hybridized carbons (Fsp3) is 0.562. The van der Waals surface area contributed by atoms with Gasteiger partial charge in [-0.05, 0) is 32.4 Å². The van der Waals surface area contributed by atoms with Gasteiger partial charge in [-0.1, -0.05) is 31.5 Å². The number of hydrogen-bond donors (Lipinski definition) is 2. The van der Waals surface area contributed by atoms with Crippen molar-refractivity contribution in [1.29, 1.82) is 0 Å². The summed E-state index contributed by atoms with van der Waals surface area (Å²) < 4.78 is 5.56. The SMILES string of the molecule is CCCC(C)NC(=O)C(C)NCCOc1ccccc1. The zero-order chi connectivity index (χ0) is 14.8. The first-order chi connectivity index (χ1) is 9.63. The Morgan fingerprint density at radius 3 is 2.60 bits per heavy atom. The molecule has 2 unspecified atom stereocenters. The number of ether oxygens (including phenoxy) is 1. The van der Waals surface area contributed by atoms with Gasteiger partial charge in [0.15, 0.2) is 0 Å². The third kappa shape index (κ3) is 6.57. The normalized spacial score (nSPS) is 13.6. The van der Waals surface area contributed by atoms with E-state index in [0.29, 0.717) is 13.2 Å². The molecule has 0 radical (unpaired) electrons. The fourth-order valence-electron chi connectivity index (χ4n) is 1.93. The van der Waals surface area contributed by atoms with Crippen LogP contribution < -0.4 is 15.4 Å². The van der Waals surface area contributed by atoms with Crippen LogP contribution in [-0.2, 0) is 4.79 Å². The summed E-state index contributed by atoms with van der Waals surface area (Å²) in [5.41, 5.74) is 0. The molecule has 0 aliphatic rings. The van der Waals surface area contributed by atoms with E-state index >= 15 is 0 Å². The molecule has 20 heavy (non-hydrogen) atoms. The highest BCUT2D eigenvalue weighted by atomic mass is 16.5. The highest BCUT2D eigenvalue weighted by molar-refractivity contribution is 5.81. The lowest BCUT2D eigenvalue weighted by Crippen LogP contribution is -2.46. The summed E-state index contributed by atoms with van der Waals surface area (Å²) in [5.74, 6) is 0.897. The monoisotopic (exact) mass is 278 g/mol. The molecule has 0 saturated heterocycles. The van der Waals surface area contributed by atoms with Gasteiger partial charge in [-0.15, -0.1) is 0 Å². The van der Waals surface area contributed by atoms with Crippen LogP contribution in [0.2, 0.25) is 0 Å². The second-order valence-electron chi connectivity index (χ2n) is 5.04. The van der Waals surface area contributed by atoms with Crippen LogP contribution in [0.25, 0.3) is 0 Å². The van der Waals surface area contributed by atoms with Crippen LogP contribution >= 0.6 is 0 Å². The summed E-state index contributed by atoms with van der Waals surface area (Å²) in [7, 11) is 0. The average Bonchev–Trinajstić information content (AvgIpc) is 2.44. The minimum atomic E-state index is -0.200. The van der Waals surface area contributed by atoms with Crippen LogP contribution in [0.15, 0.2) is 30.3 Å². The Morgan fingerprint density at radius 1 is 1.25 bits per heavy atom. The van der Waals surface area contributed by atoms with E-state index in [2.05, 4.69) is 17.6 Å². The Kier molecular flexibility index (Phi) is 7.73. The number of para-hydroxylation sites is 1. The van der Waals surface area contributed by atoms with Crippen molar-refractivity contribution in [3.63, 3.8) is 0 Å². The van der Waals surface area contributed by atoms with Crippen molar-refractivity contribution in [1.82, 2.24) is 10.6 Å². The Balaban J connectivity index is 2.16. The van der Waals surface area contributed by atoms with Crippen LogP contribution in [0, 0.1) is 0 Å². The Hall–Kier alpha value is -1.55. The number of carbonyl (C=O) groups is 1. The number of carbonyl (C=O) groups excluding carboxylic acids is 1. The van der Waals surface area contributed by atoms with Gasteiger partial charge in [0.1, 0.15) is 12.4 Å². The maximum atomic E-state index is 11.9. The molecule has 0 saturated carbocycles. The van der Waals surface area contributed by atoms with Gasteiger partial charge in [0.25, 0.3) is 0 Å². The molecular formula is C16H26N2O2. The summed E-state index contributed by atoms with van der Waals surface area (Å²) in [4.78, 5) is 11.9. The van der Waals surface area contributed by atoms with Crippen LogP contribution in [0.3, 0.4) is 0 Å². The molecule has 0 fully saturated rings. The van der Waals surface area contributed by atoms with Gasteiger partial charge >= 0.3 is 0 Å². The molecule has 0 heterocycles. The van der Waals surface area contributed by atoms with E-state index in [1.54, 1.807) is 0 Å². The average molecular weight is 278 g/mol. The van der Waals surface area contributed by atoms with Crippen molar-refractivity contribution < 1.29 is 9.53 Å². The lowest BCUT2D eigenvalue weighted by molar-refractivity contribution is -0.123. The smallest absolute Gasteiger partial charge is 0.237 e. The van der Waals surface area contributed by atoms with Crippen LogP contribution in [0.5, 0.6) is 5.75 Å².